The van der Waals surface area contributed by atoms with Gasteiger partial charge in [-0.3, -0.25) is 4.72 Å². The van der Waals surface area contributed by atoms with Crippen LogP contribution in [0.2, 0.25) is 0 Å². The summed E-state index contributed by atoms with van der Waals surface area (Å²) < 4.78 is 8.53. The Morgan fingerprint density at radius 1 is 1.17 bits per heavy atom. The van der Waals surface area contributed by atoms with Gasteiger partial charge in [0, 0.05) is 13.7 Å². The number of nitrogens with one attached hydrogen (secondary N) is 1. The Morgan fingerprint density at radius 2 is 1.78 bits per heavy atom. The number of carbonyl (C=O) groups is 1. The first-order chi connectivity index (χ1) is 11.1. The van der Waals surface area contributed by atoms with Gasteiger partial charge in [0.05, 0.1) is 0 Å². The highest BCUT2D eigenvalue weighted by molar-refractivity contribution is 7.97. The monoisotopic (exact) mass is 335 g/mol. The number of phenols is 1. The molecule has 0 saturated heterocycles. The summed E-state index contributed by atoms with van der Waals surface area (Å²) in [5, 5.41) is 17.3. The lowest BCUT2D eigenvalue weighted by molar-refractivity contribution is 0.0693. The van der Waals surface area contributed by atoms with Crippen LogP contribution in [-0.2, 0) is 4.74 Å². The number of carboxylic acids is 1. The predicted molar refractivity (Wildman–Crippen MR) is 92.5 cm³/mol. The van der Waals surface area contributed by atoms with E-state index in [1.54, 1.807) is 31.2 Å². The van der Waals surface area contributed by atoms with Crippen LogP contribution in [-0.4, -0.2) is 29.8 Å². The van der Waals surface area contributed by atoms with Crippen LogP contribution < -0.4 is 4.72 Å². The number of rotatable bonds is 6. The molecule has 0 fully saturated rings. The first-order valence-electron chi connectivity index (χ1n) is 7.07. The zero-order chi connectivity index (χ0) is 17.1. The van der Waals surface area contributed by atoms with E-state index in [0.29, 0.717) is 0 Å². The predicted octanol–water partition coefficient (Wildman–Crippen LogP) is 3.68. The molecule has 6 heteroatoms. The van der Waals surface area contributed by atoms with Crippen molar-refractivity contribution in [1.82, 2.24) is 4.72 Å². The van der Waals surface area contributed by atoms with E-state index in [9.17, 15) is 4.79 Å². The van der Waals surface area contributed by atoms with E-state index in [-0.39, 0.29) is 16.7 Å². The number of carboxylic acid groups (broad SMARTS) is 1. The first kappa shape index (κ1) is 19.0. The van der Waals surface area contributed by atoms with Gasteiger partial charge in [0.2, 0.25) is 0 Å². The number of benzene rings is 2. The van der Waals surface area contributed by atoms with Crippen LogP contribution in [0, 0.1) is 0 Å². The second kappa shape index (κ2) is 10.7. The van der Waals surface area contributed by atoms with Crippen molar-refractivity contribution in [3.8, 4) is 5.75 Å². The molecule has 0 bridgehead atoms. The molecule has 0 amide bonds. The lowest BCUT2D eigenvalue weighted by atomic mass is 10.2. The van der Waals surface area contributed by atoms with E-state index in [1.165, 1.54) is 17.7 Å². The molecule has 3 N–H and O–H groups in total. The molecule has 2 aromatic rings. The van der Waals surface area contributed by atoms with Crippen LogP contribution in [0.4, 0.5) is 0 Å². The molecule has 2 aromatic carbocycles. The SMILES string of the molecule is CCNSC(OC)c1ccccc1.O=C(O)c1ccccc1O. The van der Waals surface area contributed by atoms with Gasteiger partial charge in [0.1, 0.15) is 16.7 Å². The van der Waals surface area contributed by atoms with E-state index < -0.39 is 5.97 Å². The number of methoxy groups -OCH3 is 1. The third kappa shape index (κ3) is 6.73. The fraction of sp³-hybridized carbons (Fsp3) is 0.235. The molecule has 5 nitrogen and oxygen atoms in total. The highest BCUT2D eigenvalue weighted by atomic mass is 32.2. The van der Waals surface area contributed by atoms with E-state index >= 15 is 0 Å². The molecule has 23 heavy (non-hydrogen) atoms. The minimum Gasteiger partial charge on any atom is -0.507 e. The fourth-order valence-electron chi connectivity index (χ4n) is 1.68. The average molecular weight is 335 g/mol. The number of ether oxygens (including phenoxy) is 1. The van der Waals surface area contributed by atoms with Crippen LogP contribution in [0.1, 0.15) is 28.3 Å². The quantitative estimate of drug-likeness (QED) is 0.552. The van der Waals surface area contributed by atoms with Crippen LogP contribution in [0.5, 0.6) is 5.75 Å². The van der Waals surface area contributed by atoms with Crippen LogP contribution >= 0.6 is 11.9 Å². The van der Waals surface area contributed by atoms with E-state index in [1.807, 2.05) is 18.2 Å². The van der Waals surface area contributed by atoms with Gasteiger partial charge in [0.25, 0.3) is 0 Å². The first-order valence-corrected chi connectivity index (χ1v) is 7.95. The summed E-state index contributed by atoms with van der Waals surface area (Å²) in [5.74, 6) is -1.31. The van der Waals surface area contributed by atoms with Gasteiger partial charge in [-0.1, -0.05) is 49.4 Å². The normalized spacial score (nSPS) is 11.2. The van der Waals surface area contributed by atoms with Crippen molar-refractivity contribution in [2.75, 3.05) is 13.7 Å². The molecule has 0 radical (unpaired) electrons. The largest absolute Gasteiger partial charge is 0.507 e. The second-order valence-corrected chi connectivity index (χ2v) is 5.37. The van der Waals surface area contributed by atoms with Gasteiger partial charge in [-0.15, -0.1) is 0 Å². The molecule has 0 saturated carbocycles. The second-order valence-electron chi connectivity index (χ2n) is 4.42. The van der Waals surface area contributed by atoms with Crippen molar-refractivity contribution in [3.05, 3.63) is 65.7 Å². The van der Waals surface area contributed by atoms with Gasteiger partial charge in [-0.05, 0) is 29.6 Å². The highest BCUT2D eigenvalue weighted by Crippen LogP contribution is 2.26. The Bertz CT molecular complexity index is 592. The maximum absolute atomic E-state index is 10.3. The molecule has 1 unspecified atom stereocenters. The summed E-state index contributed by atoms with van der Waals surface area (Å²) in [6.45, 7) is 3.02. The number of hydrogen-bond donors (Lipinski definition) is 3. The molecular formula is C17H21NO4S. The summed E-state index contributed by atoms with van der Waals surface area (Å²) in [5.41, 5.74) is 1.21. The van der Waals surface area contributed by atoms with Gasteiger partial charge in [0.15, 0.2) is 0 Å². The lowest BCUT2D eigenvalue weighted by Gasteiger charge is -2.14. The summed E-state index contributed by atoms with van der Waals surface area (Å²) in [6.07, 6.45) is 0. The molecule has 0 heterocycles. The molecule has 1 atom stereocenters. The van der Waals surface area contributed by atoms with Gasteiger partial charge in [-0.25, -0.2) is 4.79 Å². The van der Waals surface area contributed by atoms with Crippen molar-refractivity contribution in [2.24, 2.45) is 0 Å². The maximum Gasteiger partial charge on any atom is 0.339 e. The minimum atomic E-state index is -1.11. The number of aromatic hydroxyl groups is 1. The third-order valence-electron chi connectivity index (χ3n) is 2.75. The Hall–Kier alpha value is -2.02. The summed E-state index contributed by atoms with van der Waals surface area (Å²) in [4.78, 5) is 10.3. The summed E-state index contributed by atoms with van der Waals surface area (Å²) in [7, 11) is 1.72. The van der Waals surface area contributed by atoms with Crippen molar-refractivity contribution in [3.63, 3.8) is 0 Å². The summed E-state index contributed by atoms with van der Waals surface area (Å²) in [6, 6.07) is 16.0. The smallest absolute Gasteiger partial charge is 0.339 e. The molecule has 0 aliphatic heterocycles. The van der Waals surface area contributed by atoms with Crippen molar-refractivity contribution in [1.29, 1.82) is 0 Å². The van der Waals surface area contributed by atoms with Gasteiger partial charge < -0.3 is 14.9 Å². The maximum atomic E-state index is 10.3. The lowest BCUT2D eigenvalue weighted by Crippen LogP contribution is -2.07. The number of hydrogen-bond acceptors (Lipinski definition) is 5. The Kier molecular flexibility index (Phi) is 8.82. The van der Waals surface area contributed by atoms with Crippen LogP contribution in [0.15, 0.2) is 54.6 Å². The van der Waals surface area contributed by atoms with Gasteiger partial charge >= 0.3 is 5.97 Å². The fourth-order valence-corrected chi connectivity index (χ4v) is 2.38. The molecule has 0 aliphatic rings. The van der Waals surface area contributed by atoms with Crippen LogP contribution in [0.3, 0.4) is 0 Å². The average Bonchev–Trinajstić information content (AvgIpc) is 2.57. The van der Waals surface area contributed by atoms with E-state index in [2.05, 4.69) is 23.8 Å². The van der Waals surface area contributed by atoms with Crippen molar-refractivity contribution in [2.45, 2.75) is 12.4 Å². The van der Waals surface area contributed by atoms with Crippen LogP contribution in [0.25, 0.3) is 0 Å². The van der Waals surface area contributed by atoms with Gasteiger partial charge in [-0.2, -0.15) is 0 Å². The van der Waals surface area contributed by atoms with Crippen molar-refractivity contribution < 1.29 is 19.7 Å². The highest BCUT2D eigenvalue weighted by Gasteiger charge is 2.08. The standard InChI is InChI=1S/C10H15NOS.C7H6O3/c1-3-11-13-10(12-2)9-7-5-4-6-8-9;8-6-4-2-1-3-5(6)7(9)10/h4-8,10-11H,3H2,1-2H3;1-4,8H,(H,9,10). The third-order valence-corrected chi connectivity index (χ3v) is 3.89. The molecule has 0 aliphatic carbocycles. The summed E-state index contributed by atoms with van der Waals surface area (Å²) >= 11 is 1.60. The van der Waals surface area contributed by atoms with E-state index in [4.69, 9.17) is 14.9 Å². The topological polar surface area (TPSA) is 78.8 Å². The van der Waals surface area contributed by atoms with E-state index in [0.717, 1.165) is 6.54 Å². The number of para-hydroxylation sites is 1. The molecule has 0 aromatic heterocycles. The Labute approximate surface area is 140 Å². The number of aromatic carboxylic acids is 1. The molecule has 0 spiro atoms. The molecular weight excluding hydrogens is 314 g/mol. The zero-order valence-corrected chi connectivity index (χ0v) is 13.9. The Balaban J connectivity index is 0.000000238. The zero-order valence-electron chi connectivity index (χ0n) is 13.1. The minimum absolute atomic E-state index is 0.0671. The van der Waals surface area contributed by atoms with Crippen molar-refractivity contribution >= 4 is 17.9 Å². The molecule has 124 valence electrons. The molecule has 2 rings (SSSR count). The Morgan fingerprint density at radius 3 is 2.26 bits per heavy atom.